The van der Waals surface area contributed by atoms with Crippen molar-refractivity contribution in [2.45, 2.75) is 24.9 Å². The molecular weight excluding hydrogens is 240 g/mol. The third-order valence-electron chi connectivity index (χ3n) is 2.20. The number of amides is 1. The molecule has 1 heterocycles. The highest BCUT2D eigenvalue weighted by molar-refractivity contribution is 6.01. The van der Waals surface area contributed by atoms with Gasteiger partial charge in [0.05, 0.1) is 18.1 Å². The summed E-state index contributed by atoms with van der Waals surface area (Å²) in [5.74, 6) is -0.875. The van der Waals surface area contributed by atoms with E-state index in [9.17, 15) is 14.4 Å². The smallest absolute Gasteiger partial charge is 0.320 e. The number of hydrogen-bond acceptors (Lipinski definition) is 5. The van der Waals surface area contributed by atoms with Gasteiger partial charge in [0.15, 0.2) is 5.78 Å². The molecule has 1 amide bonds. The van der Waals surface area contributed by atoms with Crippen molar-refractivity contribution in [1.82, 2.24) is 15.3 Å². The molecule has 98 valence electrons. The fourth-order valence-electron chi connectivity index (χ4n) is 1.09. The lowest BCUT2D eigenvalue weighted by Crippen LogP contribution is -2.32. The summed E-state index contributed by atoms with van der Waals surface area (Å²) < 4.78 is 0. The van der Waals surface area contributed by atoms with Crippen molar-refractivity contribution in [3.05, 3.63) is 18.2 Å². The number of carboxylic acids is 1. The Labute approximate surface area is 103 Å². The highest BCUT2D eigenvalue weighted by Crippen LogP contribution is 2.11. The van der Waals surface area contributed by atoms with E-state index in [1.807, 2.05) is 0 Å². The van der Waals surface area contributed by atoms with Crippen LogP contribution in [0, 0.1) is 0 Å². The second-order valence-corrected chi connectivity index (χ2v) is 3.72. The van der Waals surface area contributed by atoms with Gasteiger partial charge in [-0.1, -0.05) is 0 Å². The van der Waals surface area contributed by atoms with Crippen molar-refractivity contribution in [2.24, 2.45) is 5.73 Å². The molecule has 2 rings (SSSR count). The van der Waals surface area contributed by atoms with Crippen molar-refractivity contribution in [3.63, 3.8) is 0 Å². The van der Waals surface area contributed by atoms with Crippen molar-refractivity contribution < 1.29 is 19.5 Å². The number of nitrogens with one attached hydrogen (secondary N) is 2. The number of nitrogens with zero attached hydrogens (tertiary/aromatic N) is 1. The average Bonchev–Trinajstić information content (AvgIpc) is 2.81. The number of H-pyrrole nitrogens is 1. The fraction of sp³-hybridized carbons (Fsp3) is 0.400. The number of rotatable bonds is 5. The minimum absolute atomic E-state index is 0.132. The van der Waals surface area contributed by atoms with E-state index < -0.39 is 12.0 Å². The maximum Gasteiger partial charge on any atom is 0.320 e. The Balaban J connectivity index is 0.000000199. The highest BCUT2D eigenvalue weighted by Gasteiger charge is 2.33. The van der Waals surface area contributed by atoms with Gasteiger partial charge >= 0.3 is 5.97 Å². The Morgan fingerprint density at radius 3 is 2.78 bits per heavy atom. The number of nitrogens with two attached hydrogens (primary N) is 1. The zero-order chi connectivity index (χ0) is 13.5. The van der Waals surface area contributed by atoms with Gasteiger partial charge in [-0.3, -0.25) is 14.4 Å². The first-order chi connectivity index (χ1) is 8.54. The van der Waals surface area contributed by atoms with Crippen LogP contribution in [0.2, 0.25) is 0 Å². The predicted molar refractivity (Wildman–Crippen MR) is 60.5 cm³/mol. The molecule has 0 aromatic carbocycles. The number of Topliss-reactive ketones (excluding diaryl/α,β-unsaturated/α-hetero) is 1. The molecule has 0 spiro atoms. The lowest BCUT2D eigenvalue weighted by atomic mass is 10.2. The Morgan fingerprint density at radius 1 is 1.78 bits per heavy atom. The van der Waals surface area contributed by atoms with Crippen molar-refractivity contribution in [3.8, 4) is 0 Å². The van der Waals surface area contributed by atoms with Gasteiger partial charge in [-0.15, -0.1) is 0 Å². The van der Waals surface area contributed by atoms with Gasteiger partial charge in [0.2, 0.25) is 6.41 Å². The first-order valence-corrected chi connectivity index (χ1v) is 5.23. The molecule has 8 heteroatoms. The SMILES string of the molecule is N[C@@H](Cc1c[nH]cn1)C(=O)O.O=CNC1CC1=O. The number of aromatic amines is 1. The monoisotopic (exact) mass is 254 g/mol. The molecule has 1 aromatic rings. The largest absolute Gasteiger partial charge is 0.480 e. The Kier molecular flexibility index (Phi) is 5.00. The molecule has 0 saturated heterocycles. The summed E-state index contributed by atoms with van der Waals surface area (Å²) in [7, 11) is 0. The molecule has 0 aliphatic heterocycles. The van der Waals surface area contributed by atoms with Crippen LogP contribution in [0.4, 0.5) is 0 Å². The van der Waals surface area contributed by atoms with Gasteiger partial charge in [-0.25, -0.2) is 4.98 Å². The third kappa shape index (κ3) is 4.74. The normalized spacial score (nSPS) is 18.3. The minimum atomic E-state index is -1.01. The van der Waals surface area contributed by atoms with E-state index in [1.54, 1.807) is 6.20 Å². The van der Waals surface area contributed by atoms with Crippen LogP contribution in [0.25, 0.3) is 0 Å². The number of aromatic nitrogens is 2. The Bertz CT molecular complexity index is 418. The molecule has 8 nitrogen and oxygen atoms in total. The first-order valence-electron chi connectivity index (χ1n) is 5.23. The minimum Gasteiger partial charge on any atom is -0.480 e. The second kappa shape index (κ2) is 6.50. The van der Waals surface area contributed by atoms with E-state index in [2.05, 4.69) is 15.3 Å². The standard InChI is InChI=1S/C6H9N3O2.C4H5NO2/c7-5(6(10)11)1-4-2-8-3-9-4;6-2-5-3-1-4(3)7/h2-3,5H,1,7H2,(H,8,9)(H,10,11);2-3H,1H2,(H,5,6)/t5-;/m0./s1. The number of carbonyl (C=O) groups excluding carboxylic acids is 2. The highest BCUT2D eigenvalue weighted by atomic mass is 16.4. The average molecular weight is 254 g/mol. The molecular formula is C10H14N4O4. The summed E-state index contributed by atoms with van der Waals surface area (Å²) in [4.78, 5) is 36.4. The van der Waals surface area contributed by atoms with Crippen LogP contribution in [-0.4, -0.2) is 45.3 Å². The number of hydrogen-bond donors (Lipinski definition) is 4. The summed E-state index contributed by atoms with van der Waals surface area (Å²) in [6, 6.07) is -1.00. The molecule has 18 heavy (non-hydrogen) atoms. The number of imidazole rings is 1. The Morgan fingerprint density at radius 2 is 2.44 bits per heavy atom. The molecule has 5 N–H and O–H groups in total. The lowest BCUT2D eigenvalue weighted by Gasteiger charge is -2.01. The van der Waals surface area contributed by atoms with Crippen LogP contribution < -0.4 is 11.1 Å². The van der Waals surface area contributed by atoms with Crippen LogP contribution in [0.5, 0.6) is 0 Å². The van der Waals surface area contributed by atoms with E-state index >= 15 is 0 Å². The Hall–Kier alpha value is -2.22. The van der Waals surface area contributed by atoms with Crippen LogP contribution in [-0.2, 0) is 20.8 Å². The third-order valence-corrected chi connectivity index (χ3v) is 2.20. The molecule has 1 aromatic heterocycles. The van der Waals surface area contributed by atoms with Crippen molar-refractivity contribution in [1.29, 1.82) is 0 Å². The molecule has 0 radical (unpaired) electrons. The predicted octanol–water partition coefficient (Wildman–Crippen LogP) is -1.56. The van der Waals surface area contributed by atoms with Gasteiger partial charge in [-0.05, 0) is 0 Å². The topological polar surface area (TPSA) is 138 Å². The van der Waals surface area contributed by atoms with Crippen molar-refractivity contribution >= 4 is 18.2 Å². The molecule has 1 unspecified atom stereocenters. The fourth-order valence-corrected chi connectivity index (χ4v) is 1.09. The van der Waals surface area contributed by atoms with E-state index in [0.29, 0.717) is 18.5 Å². The van der Waals surface area contributed by atoms with E-state index in [1.165, 1.54) is 6.33 Å². The maximum absolute atomic E-state index is 10.3. The zero-order valence-corrected chi connectivity index (χ0v) is 9.50. The van der Waals surface area contributed by atoms with Gasteiger partial charge < -0.3 is 21.1 Å². The summed E-state index contributed by atoms with van der Waals surface area (Å²) in [6.45, 7) is 0. The summed E-state index contributed by atoms with van der Waals surface area (Å²) >= 11 is 0. The van der Waals surface area contributed by atoms with E-state index in [-0.39, 0.29) is 18.2 Å². The molecule has 0 bridgehead atoms. The summed E-state index contributed by atoms with van der Waals surface area (Å²) in [5.41, 5.74) is 5.92. The number of ketones is 1. The van der Waals surface area contributed by atoms with Gasteiger partial charge in [-0.2, -0.15) is 0 Å². The van der Waals surface area contributed by atoms with Crippen LogP contribution in [0.15, 0.2) is 12.5 Å². The van der Waals surface area contributed by atoms with E-state index in [0.717, 1.165) is 0 Å². The molecule has 1 aliphatic rings. The number of carboxylic acid groups (broad SMARTS) is 1. The zero-order valence-electron chi connectivity index (χ0n) is 9.50. The van der Waals surface area contributed by atoms with Crippen LogP contribution >= 0.6 is 0 Å². The summed E-state index contributed by atoms with van der Waals surface area (Å²) in [6.07, 6.45) is 4.46. The van der Waals surface area contributed by atoms with Gasteiger partial charge in [0.1, 0.15) is 6.04 Å². The number of carbonyl (C=O) groups is 3. The molecule has 2 atom stereocenters. The molecule has 1 fully saturated rings. The van der Waals surface area contributed by atoms with Crippen LogP contribution in [0.3, 0.4) is 0 Å². The van der Waals surface area contributed by atoms with Gasteiger partial charge in [0.25, 0.3) is 0 Å². The van der Waals surface area contributed by atoms with Gasteiger partial charge in [0, 0.05) is 19.0 Å². The quantitative estimate of drug-likeness (QED) is 0.469. The number of aliphatic carboxylic acids is 1. The van der Waals surface area contributed by atoms with E-state index in [4.69, 9.17) is 10.8 Å². The maximum atomic E-state index is 10.3. The van der Waals surface area contributed by atoms with Crippen LogP contribution in [0.1, 0.15) is 12.1 Å². The van der Waals surface area contributed by atoms with Crippen molar-refractivity contribution in [2.75, 3.05) is 0 Å². The lowest BCUT2D eigenvalue weighted by molar-refractivity contribution is -0.138. The molecule has 1 aliphatic carbocycles. The molecule has 1 saturated carbocycles. The first kappa shape index (κ1) is 13.8. The summed E-state index contributed by atoms with van der Waals surface area (Å²) in [5, 5.41) is 10.8. The second-order valence-electron chi connectivity index (χ2n) is 3.72.